The lowest BCUT2D eigenvalue weighted by Gasteiger charge is -2.07. The minimum Gasteiger partial charge on any atom is -0.457 e. The predicted octanol–water partition coefficient (Wildman–Crippen LogP) is 3.74. The van der Waals surface area contributed by atoms with Gasteiger partial charge >= 0.3 is 0 Å². The molecule has 2 aromatic rings. The van der Waals surface area contributed by atoms with Gasteiger partial charge in [-0.05, 0) is 62.4 Å². The highest BCUT2D eigenvalue weighted by Gasteiger charge is 2.05. The minimum absolute atomic E-state index is 0.297. The molecule has 2 rings (SSSR count). The van der Waals surface area contributed by atoms with Crippen molar-refractivity contribution in [3.63, 3.8) is 0 Å². The fourth-order valence-electron chi connectivity index (χ4n) is 1.47. The molecule has 0 saturated heterocycles. The monoisotopic (exact) mass is 270 g/mol. The quantitative estimate of drug-likeness (QED) is 0.842. The third-order valence-corrected chi connectivity index (χ3v) is 2.42. The second-order valence-corrected chi connectivity index (χ2v) is 4.89. The lowest BCUT2D eigenvalue weighted by Crippen LogP contribution is -2.14. The highest BCUT2D eigenvalue weighted by Crippen LogP contribution is 2.21. The zero-order valence-corrected chi connectivity index (χ0v) is 11.4. The van der Waals surface area contributed by atoms with Crippen LogP contribution in [0.25, 0.3) is 0 Å². The third-order valence-electron chi connectivity index (χ3n) is 2.42. The van der Waals surface area contributed by atoms with E-state index in [9.17, 15) is 9.50 Å². The van der Waals surface area contributed by atoms with Crippen molar-refractivity contribution in [2.24, 2.45) is 0 Å². The molecule has 0 radical (unpaired) electrons. The van der Waals surface area contributed by atoms with Crippen molar-refractivity contribution in [2.75, 3.05) is 0 Å². The molecule has 1 N–H and O–H groups in total. The SMILES string of the molecule is CC(C)(O)C#Cc1ccc(Oc2ccc(F)cc2)cc1. The van der Waals surface area contributed by atoms with Crippen LogP contribution >= 0.6 is 0 Å². The fourth-order valence-corrected chi connectivity index (χ4v) is 1.47. The number of aliphatic hydroxyl groups is 1. The number of halogens is 1. The van der Waals surface area contributed by atoms with Gasteiger partial charge in [-0.1, -0.05) is 11.8 Å². The molecule has 0 aromatic heterocycles. The summed E-state index contributed by atoms with van der Waals surface area (Å²) in [5.41, 5.74) is -0.220. The summed E-state index contributed by atoms with van der Waals surface area (Å²) < 4.78 is 18.3. The van der Waals surface area contributed by atoms with Crippen molar-refractivity contribution in [3.05, 3.63) is 59.9 Å². The molecule has 0 amide bonds. The van der Waals surface area contributed by atoms with Crippen molar-refractivity contribution >= 4 is 0 Å². The Hall–Kier alpha value is -2.31. The Bertz CT molecular complexity index is 626. The van der Waals surface area contributed by atoms with Crippen LogP contribution in [0.3, 0.4) is 0 Å². The van der Waals surface area contributed by atoms with E-state index in [4.69, 9.17) is 4.74 Å². The molecule has 2 aromatic carbocycles. The lowest BCUT2D eigenvalue weighted by atomic mass is 10.1. The lowest BCUT2D eigenvalue weighted by molar-refractivity contribution is 0.143. The Kier molecular flexibility index (Phi) is 4.07. The summed E-state index contributed by atoms with van der Waals surface area (Å²) in [6, 6.07) is 13.0. The first-order valence-corrected chi connectivity index (χ1v) is 6.21. The third kappa shape index (κ3) is 4.42. The van der Waals surface area contributed by atoms with Crippen molar-refractivity contribution in [1.29, 1.82) is 0 Å². The van der Waals surface area contributed by atoms with E-state index in [1.807, 2.05) is 0 Å². The predicted molar refractivity (Wildman–Crippen MR) is 76.1 cm³/mol. The van der Waals surface area contributed by atoms with Crippen molar-refractivity contribution in [3.8, 4) is 23.3 Å². The molecule has 3 heteroatoms. The van der Waals surface area contributed by atoms with E-state index < -0.39 is 5.60 Å². The maximum Gasteiger partial charge on any atom is 0.127 e. The minimum atomic E-state index is -1.01. The average molecular weight is 270 g/mol. The molecule has 20 heavy (non-hydrogen) atoms. The molecule has 0 aliphatic carbocycles. The van der Waals surface area contributed by atoms with Crippen molar-refractivity contribution < 1.29 is 14.2 Å². The van der Waals surface area contributed by atoms with Gasteiger partial charge < -0.3 is 9.84 Å². The summed E-state index contributed by atoms with van der Waals surface area (Å²) in [7, 11) is 0. The maximum atomic E-state index is 12.8. The molecule has 0 fully saturated rings. The largest absolute Gasteiger partial charge is 0.457 e. The van der Waals surface area contributed by atoms with Crippen LogP contribution in [0.2, 0.25) is 0 Å². The van der Waals surface area contributed by atoms with Crippen LogP contribution in [-0.2, 0) is 0 Å². The summed E-state index contributed by atoms with van der Waals surface area (Å²) in [6.07, 6.45) is 0. The smallest absolute Gasteiger partial charge is 0.127 e. The zero-order valence-electron chi connectivity index (χ0n) is 11.4. The number of rotatable bonds is 2. The molecule has 0 heterocycles. The second kappa shape index (κ2) is 5.77. The normalized spacial score (nSPS) is 10.6. The molecule has 0 atom stereocenters. The van der Waals surface area contributed by atoms with Gasteiger partial charge in [-0.2, -0.15) is 0 Å². The van der Waals surface area contributed by atoms with Crippen LogP contribution in [0.4, 0.5) is 4.39 Å². The number of hydrogen-bond donors (Lipinski definition) is 1. The van der Waals surface area contributed by atoms with Gasteiger partial charge in [0.05, 0.1) is 0 Å². The van der Waals surface area contributed by atoms with Gasteiger partial charge in [-0.25, -0.2) is 4.39 Å². The fraction of sp³-hybridized carbons (Fsp3) is 0.176. The molecule has 0 aliphatic heterocycles. The Labute approximate surface area is 117 Å². The Morgan fingerprint density at radius 3 is 1.95 bits per heavy atom. The summed E-state index contributed by atoms with van der Waals surface area (Å²) >= 11 is 0. The van der Waals surface area contributed by atoms with E-state index >= 15 is 0 Å². The summed E-state index contributed by atoms with van der Waals surface area (Å²) in [4.78, 5) is 0. The van der Waals surface area contributed by atoms with Crippen LogP contribution in [0.15, 0.2) is 48.5 Å². The second-order valence-electron chi connectivity index (χ2n) is 4.89. The highest BCUT2D eigenvalue weighted by atomic mass is 19.1. The van der Waals surface area contributed by atoms with E-state index in [2.05, 4.69) is 11.8 Å². The Morgan fingerprint density at radius 1 is 0.950 bits per heavy atom. The van der Waals surface area contributed by atoms with Crippen LogP contribution < -0.4 is 4.74 Å². The number of benzene rings is 2. The van der Waals surface area contributed by atoms with Crippen LogP contribution in [0.1, 0.15) is 19.4 Å². The van der Waals surface area contributed by atoms with E-state index in [0.29, 0.717) is 11.5 Å². The van der Waals surface area contributed by atoms with Gasteiger partial charge in [-0.15, -0.1) is 0 Å². The maximum absolute atomic E-state index is 12.8. The van der Waals surface area contributed by atoms with Crippen LogP contribution in [-0.4, -0.2) is 10.7 Å². The summed E-state index contributed by atoms with van der Waals surface area (Å²) in [6.45, 7) is 3.26. The van der Waals surface area contributed by atoms with E-state index in [-0.39, 0.29) is 5.82 Å². The average Bonchev–Trinajstić information content (AvgIpc) is 2.40. The molecule has 2 nitrogen and oxygen atoms in total. The molecule has 0 unspecified atom stereocenters. The molecule has 0 saturated carbocycles. The Balaban J connectivity index is 2.08. The topological polar surface area (TPSA) is 29.5 Å². The molecular weight excluding hydrogens is 255 g/mol. The van der Waals surface area contributed by atoms with Crippen molar-refractivity contribution in [2.45, 2.75) is 19.4 Å². The zero-order chi connectivity index (χ0) is 14.6. The van der Waals surface area contributed by atoms with Gasteiger partial charge in [0.2, 0.25) is 0 Å². The van der Waals surface area contributed by atoms with E-state index in [0.717, 1.165) is 5.56 Å². The van der Waals surface area contributed by atoms with Gasteiger partial charge in [-0.3, -0.25) is 0 Å². The standard InChI is InChI=1S/C17H15FO2/c1-17(2,19)12-11-13-3-7-15(8-4-13)20-16-9-5-14(18)6-10-16/h3-10,19H,1-2H3. The summed E-state index contributed by atoms with van der Waals surface area (Å²) in [5, 5.41) is 9.52. The molecule has 0 aliphatic rings. The van der Waals surface area contributed by atoms with Gasteiger partial charge in [0.25, 0.3) is 0 Å². The van der Waals surface area contributed by atoms with E-state index in [1.165, 1.54) is 12.1 Å². The molecule has 0 spiro atoms. The summed E-state index contributed by atoms with van der Waals surface area (Å²) in [5.74, 6) is 6.53. The first kappa shape index (κ1) is 14.1. The molecule has 102 valence electrons. The van der Waals surface area contributed by atoms with Crippen LogP contribution in [0.5, 0.6) is 11.5 Å². The Morgan fingerprint density at radius 2 is 1.45 bits per heavy atom. The van der Waals surface area contributed by atoms with E-state index in [1.54, 1.807) is 50.2 Å². The first-order valence-electron chi connectivity index (χ1n) is 6.21. The van der Waals surface area contributed by atoms with Gasteiger partial charge in [0.1, 0.15) is 22.9 Å². The van der Waals surface area contributed by atoms with Crippen LogP contribution in [0, 0.1) is 17.7 Å². The van der Waals surface area contributed by atoms with Gasteiger partial charge in [0, 0.05) is 5.56 Å². The number of ether oxygens (including phenoxy) is 1. The highest BCUT2D eigenvalue weighted by molar-refractivity contribution is 5.40. The molecular formula is C17H15FO2. The number of hydrogen-bond acceptors (Lipinski definition) is 2. The van der Waals surface area contributed by atoms with Crippen molar-refractivity contribution in [1.82, 2.24) is 0 Å². The molecule has 0 bridgehead atoms. The first-order chi connectivity index (χ1) is 9.42. The van der Waals surface area contributed by atoms with Gasteiger partial charge in [0.15, 0.2) is 0 Å².